The van der Waals surface area contributed by atoms with Gasteiger partial charge in [-0.15, -0.1) is 11.3 Å². The summed E-state index contributed by atoms with van der Waals surface area (Å²) >= 11 is 1.84. The Kier molecular flexibility index (Phi) is 9.87. The van der Waals surface area contributed by atoms with E-state index in [1.54, 1.807) is 0 Å². The molecule has 0 fully saturated rings. The molecule has 300 valence electrons. The van der Waals surface area contributed by atoms with Gasteiger partial charge in [0.1, 0.15) is 0 Å². The minimum absolute atomic E-state index is 0.569. The van der Waals surface area contributed by atoms with Crippen LogP contribution >= 0.6 is 11.3 Å². The standard InChI is InChI=1S/C55H34N4S.C3H8/c1-3-12-35(13-4-1)37-22-26-39(27-23-37)53-56-54(40-28-24-38(25-29-40)36-14-5-2-6-15-36)58-55(57-53)59-49-34-42-17-8-7-16-41(42)32-47(49)46-20-11-19-44(52(46)59)43-30-31-51-48(33-43)45-18-9-10-21-50(45)60-51;1-3-2/h1-34H;3H2,1-2H3. The van der Waals surface area contributed by atoms with Crippen LogP contribution in [0.2, 0.25) is 0 Å². The molecular formula is C58H42N4S. The van der Waals surface area contributed by atoms with Gasteiger partial charge in [0.15, 0.2) is 11.6 Å². The second-order valence-corrected chi connectivity index (χ2v) is 17.0. The van der Waals surface area contributed by atoms with E-state index in [9.17, 15) is 0 Å². The Morgan fingerprint density at radius 1 is 0.381 bits per heavy atom. The lowest BCUT2D eigenvalue weighted by atomic mass is 9.99. The molecule has 12 aromatic rings. The summed E-state index contributed by atoms with van der Waals surface area (Å²) in [7, 11) is 0. The number of hydrogen-bond donors (Lipinski definition) is 0. The lowest BCUT2D eigenvalue weighted by Crippen LogP contribution is -2.07. The number of nitrogens with zero attached hydrogens (tertiary/aromatic N) is 4. The van der Waals surface area contributed by atoms with Gasteiger partial charge >= 0.3 is 0 Å². The molecule has 0 amide bonds. The van der Waals surface area contributed by atoms with Crippen LogP contribution < -0.4 is 0 Å². The van der Waals surface area contributed by atoms with Crippen LogP contribution in [0.4, 0.5) is 0 Å². The van der Waals surface area contributed by atoms with Gasteiger partial charge in [0, 0.05) is 47.6 Å². The summed E-state index contributed by atoms with van der Waals surface area (Å²) in [5.74, 6) is 1.79. The van der Waals surface area contributed by atoms with Gasteiger partial charge in [-0.1, -0.05) is 196 Å². The van der Waals surface area contributed by atoms with Crippen LogP contribution in [0.15, 0.2) is 206 Å². The fourth-order valence-corrected chi connectivity index (χ4v) is 9.78. The highest BCUT2D eigenvalue weighted by Gasteiger charge is 2.22. The summed E-state index contributed by atoms with van der Waals surface area (Å²) in [4.78, 5) is 16.0. The van der Waals surface area contributed by atoms with Crippen molar-refractivity contribution in [2.45, 2.75) is 20.3 Å². The maximum absolute atomic E-state index is 5.38. The van der Waals surface area contributed by atoms with Crippen LogP contribution in [0.3, 0.4) is 0 Å². The molecule has 5 heteroatoms. The number of aromatic nitrogens is 4. The average molecular weight is 827 g/mol. The monoisotopic (exact) mass is 826 g/mol. The van der Waals surface area contributed by atoms with Crippen LogP contribution in [0.25, 0.3) is 115 Å². The molecule has 0 spiro atoms. The van der Waals surface area contributed by atoms with Crippen molar-refractivity contribution in [3.05, 3.63) is 206 Å². The van der Waals surface area contributed by atoms with E-state index in [0.717, 1.165) is 60.6 Å². The van der Waals surface area contributed by atoms with E-state index in [1.807, 2.05) is 23.5 Å². The van der Waals surface area contributed by atoms with E-state index in [4.69, 9.17) is 15.0 Å². The van der Waals surface area contributed by atoms with E-state index in [-0.39, 0.29) is 0 Å². The molecule has 3 aromatic heterocycles. The Balaban J connectivity index is 0.00000144. The Morgan fingerprint density at radius 2 is 0.873 bits per heavy atom. The van der Waals surface area contributed by atoms with Crippen LogP contribution in [0.5, 0.6) is 0 Å². The molecular weight excluding hydrogens is 785 g/mol. The summed E-state index contributed by atoms with van der Waals surface area (Å²) in [6.45, 7) is 4.25. The Morgan fingerprint density at radius 3 is 1.51 bits per heavy atom. The number of fused-ring (bicyclic) bond motifs is 7. The minimum Gasteiger partial charge on any atom is -0.277 e. The van der Waals surface area contributed by atoms with E-state index in [0.29, 0.717) is 17.6 Å². The highest BCUT2D eigenvalue weighted by atomic mass is 32.1. The molecule has 0 bridgehead atoms. The van der Waals surface area contributed by atoms with E-state index >= 15 is 0 Å². The summed E-state index contributed by atoms with van der Waals surface area (Å²) in [6.07, 6.45) is 1.25. The molecule has 0 saturated carbocycles. The second kappa shape index (κ2) is 16.3. The molecule has 0 aliphatic heterocycles. The summed E-state index contributed by atoms with van der Waals surface area (Å²) in [5.41, 5.74) is 10.8. The van der Waals surface area contributed by atoms with Crippen molar-refractivity contribution in [1.82, 2.24) is 19.5 Å². The highest BCUT2D eigenvalue weighted by Crippen LogP contribution is 2.42. The number of benzene rings is 9. The zero-order valence-corrected chi connectivity index (χ0v) is 35.9. The number of thiophene rings is 1. The van der Waals surface area contributed by atoms with Gasteiger partial charge in [-0.25, -0.2) is 4.98 Å². The van der Waals surface area contributed by atoms with E-state index in [1.165, 1.54) is 43.1 Å². The third kappa shape index (κ3) is 7.03. The van der Waals surface area contributed by atoms with Crippen molar-refractivity contribution in [1.29, 1.82) is 0 Å². The molecule has 0 radical (unpaired) electrons. The van der Waals surface area contributed by atoms with E-state index in [2.05, 4.69) is 213 Å². The van der Waals surface area contributed by atoms with Crippen molar-refractivity contribution in [3.8, 4) is 62.1 Å². The Bertz CT molecular complexity index is 3490. The molecule has 9 aromatic carbocycles. The van der Waals surface area contributed by atoms with Gasteiger partial charge in [0.25, 0.3) is 0 Å². The highest BCUT2D eigenvalue weighted by molar-refractivity contribution is 7.25. The molecule has 0 atom stereocenters. The normalized spacial score (nSPS) is 11.4. The third-order valence-electron chi connectivity index (χ3n) is 11.7. The lowest BCUT2D eigenvalue weighted by Gasteiger charge is -2.14. The van der Waals surface area contributed by atoms with Crippen molar-refractivity contribution >= 4 is 64.1 Å². The van der Waals surface area contributed by atoms with Crippen LogP contribution in [-0.2, 0) is 0 Å². The number of hydrogen-bond acceptors (Lipinski definition) is 4. The first-order chi connectivity index (χ1) is 31.1. The number of para-hydroxylation sites is 1. The topological polar surface area (TPSA) is 43.6 Å². The largest absolute Gasteiger partial charge is 0.277 e. The molecule has 0 saturated heterocycles. The molecule has 12 rings (SSSR count). The maximum atomic E-state index is 5.38. The minimum atomic E-state index is 0.569. The van der Waals surface area contributed by atoms with Gasteiger partial charge in [0.05, 0.1) is 11.0 Å². The number of rotatable bonds is 6. The van der Waals surface area contributed by atoms with Gasteiger partial charge in [0.2, 0.25) is 5.95 Å². The molecule has 0 aliphatic rings. The first kappa shape index (κ1) is 38.2. The van der Waals surface area contributed by atoms with Gasteiger partial charge in [-0.2, -0.15) is 9.97 Å². The Hall–Kier alpha value is -7.73. The van der Waals surface area contributed by atoms with Crippen molar-refractivity contribution in [3.63, 3.8) is 0 Å². The van der Waals surface area contributed by atoms with Crippen molar-refractivity contribution in [2.24, 2.45) is 0 Å². The molecule has 63 heavy (non-hydrogen) atoms. The van der Waals surface area contributed by atoms with Crippen molar-refractivity contribution < 1.29 is 0 Å². The van der Waals surface area contributed by atoms with Crippen molar-refractivity contribution in [2.75, 3.05) is 0 Å². The summed E-state index contributed by atoms with van der Waals surface area (Å²) in [5, 5.41) is 7.18. The van der Waals surface area contributed by atoms with Gasteiger partial charge < -0.3 is 0 Å². The maximum Gasteiger partial charge on any atom is 0.238 e. The zero-order valence-electron chi connectivity index (χ0n) is 35.0. The lowest BCUT2D eigenvalue weighted by molar-refractivity contribution is 0.954. The first-order valence-corrected chi connectivity index (χ1v) is 22.4. The molecule has 0 aliphatic carbocycles. The molecule has 4 nitrogen and oxygen atoms in total. The SMILES string of the molecule is CCC.c1ccc(-c2ccc(-c3nc(-c4ccc(-c5ccccc5)cc4)nc(-n4c5cc6ccccc6cc5c5cccc(-c6ccc7sc8ccccc8c7c6)c54)n3)cc2)cc1. The van der Waals surface area contributed by atoms with Crippen LogP contribution in [0, 0.1) is 0 Å². The van der Waals surface area contributed by atoms with Gasteiger partial charge in [-0.05, 0) is 68.9 Å². The molecule has 3 heterocycles. The fraction of sp³-hybridized carbons (Fsp3) is 0.0517. The Labute approximate surface area is 370 Å². The molecule has 0 N–H and O–H groups in total. The smallest absolute Gasteiger partial charge is 0.238 e. The summed E-state index contributed by atoms with van der Waals surface area (Å²) in [6, 6.07) is 73.4. The van der Waals surface area contributed by atoms with Gasteiger partial charge in [-0.3, -0.25) is 4.57 Å². The quantitative estimate of drug-likeness (QED) is 0.168. The van der Waals surface area contributed by atoms with E-state index < -0.39 is 0 Å². The predicted octanol–water partition coefficient (Wildman–Crippen LogP) is 16.2. The average Bonchev–Trinajstić information content (AvgIpc) is 3.89. The van der Waals surface area contributed by atoms with Crippen LogP contribution in [-0.4, -0.2) is 19.5 Å². The predicted molar refractivity (Wildman–Crippen MR) is 268 cm³/mol. The molecule has 0 unspecified atom stereocenters. The summed E-state index contributed by atoms with van der Waals surface area (Å²) < 4.78 is 4.85. The first-order valence-electron chi connectivity index (χ1n) is 21.6. The zero-order chi connectivity index (χ0) is 42.3. The van der Waals surface area contributed by atoms with Crippen LogP contribution in [0.1, 0.15) is 20.3 Å². The third-order valence-corrected chi connectivity index (χ3v) is 12.8. The second-order valence-electron chi connectivity index (χ2n) is 15.9. The fourth-order valence-electron chi connectivity index (χ4n) is 8.69.